The molecule has 1 aromatic rings. The van der Waals surface area contributed by atoms with E-state index >= 15 is 0 Å². The van der Waals surface area contributed by atoms with E-state index < -0.39 is 23.4 Å². The van der Waals surface area contributed by atoms with E-state index in [0.29, 0.717) is 0 Å². The van der Waals surface area contributed by atoms with Gasteiger partial charge in [-0.15, -0.1) is 12.6 Å². The van der Waals surface area contributed by atoms with Crippen LogP contribution in [0.2, 0.25) is 0 Å². The van der Waals surface area contributed by atoms with Crippen LogP contribution >= 0.6 is 12.6 Å². The van der Waals surface area contributed by atoms with Crippen LogP contribution < -0.4 is 5.32 Å². The summed E-state index contributed by atoms with van der Waals surface area (Å²) in [5, 5.41) is 1.95. The molecule has 1 N–H and O–H groups in total. The van der Waals surface area contributed by atoms with E-state index in [-0.39, 0.29) is 23.3 Å². The molecule has 2 nitrogen and oxygen atoms in total. The molecular weight excluding hydrogens is 270 g/mol. The lowest BCUT2D eigenvalue weighted by Crippen LogP contribution is -2.47. The van der Waals surface area contributed by atoms with Gasteiger partial charge in [-0.2, -0.15) is 13.2 Å². The fourth-order valence-corrected chi connectivity index (χ4v) is 1.76. The third-order valence-corrected chi connectivity index (χ3v) is 3.20. The number of rotatable bonds is 2. The van der Waals surface area contributed by atoms with Crippen molar-refractivity contribution in [3.63, 3.8) is 0 Å². The number of thiol groups is 1. The first kappa shape index (κ1) is 13.2. The molecule has 2 rings (SSSR count). The average molecular weight is 279 g/mol. The van der Waals surface area contributed by atoms with Gasteiger partial charge < -0.3 is 5.32 Å². The standard InChI is InChI=1S/C11H9F4NOS/c12-7-2-1-6(5-8(7)18)9(17)16-10(3-4-10)11(13,14)15/h1-2,5,18H,3-4H2,(H,16,17). The van der Waals surface area contributed by atoms with E-state index in [1.807, 2.05) is 5.32 Å². The first-order valence-electron chi connectivity index (χ1n) is 5.13. The normalized spacial score (nSPS) is 17.4. The molecule has 1 aliphatic rings. The van der Waals surface area contributed by atoms with E-state index in [9.17, 15) is 22.4 Å². The van der Waals surface area contributed by atoms with Crippen LogP contribution in [-0.2, 0) is 0 Å². The number of amides is 1. The Bertz CT molecular complexity index is 496. The minimum atomic E-state index is -4.47. The summed E-state index contributed by atoms with van der Waals surface area (Å²) in [5.41, 5.74) is -2.16. The lowest BCUT2D eigenvalue weighted by Gasteiger charge is -2.20. The Kier molecular flexibility index (Phi) is 3.04. The summed E-state index contributed by atoms with van der Waals surface area (Å²) in [5.74, 6) is -1.51. The van der Waals surface area contributed by atoms with Crippen molar-refractivity contribution in [2.75, 3.05) is 0 Å². The van der Waals surface area contributed by atoms with Gasteiger partial charge in [0.05, 0.1) is 0 Å². The molecule has 0 aromatic heterocycles. The molecule has 1 amide bonds. The van der Waals surface area contributed by atoms with Gasteiger partial charge in [0.1, 0.15) is 11.4 Å². The lowest BCUT2D eigenvalue weighted by molar-refractivity contribution is -0.163. The van der Waals surface area contributed by atoms with Gasteiger partial charge in [0, 0.05) is 10.5 Å². The molecule has 0 spiro atoms. The van der Waals surface area contributed by atoms with Crippen LogP contribution in [0.25, 0.3) is 0 Å². The van der Waals surface area contributed by atoms with Crippen LogP contribution in [0, 0.1) is 5.82 Å². The number of hydrogen-bond donors (Lipinski definition) is 2. The van der Waals surface area contributed by atoms with Crippen molar-refractivity contribution >= 4 is 18.5 Å². The summed E-state index contributed by atoms with van der Waals surface area (Å²) in [6.07, 6.45) is -4.72. The van der Waals surface area contributed by atoms with Crippen LogP contribution in [0.15, 0.2) is 23.1 Å². The zero-order chi connectivity index (χ0) is 13.6. The molecule has 0 atom stereocenters. The molecule has 18 heavy (non-hydrogen) atoms. The number of benzene rings is 1. The van der Waals surface area contributed by atoms with Crippen LogP contribution in [-0.4, -0.2) is 17.6 Å². The zero-order valence-corrected chi connectivity index (χ0v) is 9.91. The highest BCUT2D eigenvalue weighted by atomic mass is 32.1. The Morgan fingerprint density at radius 2 is 1.94 bits per heavy atom. The Hall–Kier alpha value is -1.24. The maximum atomic E-state index is 12.9. The molecule has 0 unspecified atom stereocenters. The largest absolute Gasteiger partial charge is 0.411 e. The van der Waals surface area contributed by atoms with Crippen molar-refractivity contribution in [1.29, 1.82) is 0 Å². The summed E-state index contributed by atoms with van der Waals surface area (Å²) in [4.78, 5) is 11.6. The van der Waals surface area contributed by atoms with Crippen LogP contribution in [0.5, 0.6) is 0 Å². The minimum Gasteiger partial charge on any atom is -0.338 e. The molecule has 0 aliphatic heterocycles. The Balaban J connectivity index is 2.16. The highest BCUT2D eigenvalue weighted by Gasteiger charge is 2.64. The van der Waals surface area contributed by atoms with Crippen molar-refractivity contribution in [1.82, 2.24) is 5.32 Å². The molecule has 0 heterocycles. The van der Waals surface area contributed by atoms with Gasteiger partial charge in [-0.05, 0) is 31.0 Å². The summed E-state index contributed by atoms with van der Waals surface area (Å²) in [6, 6.07) is 3.21. The van der Waals surface area contributed by atoms with E-state index in [2.05, 4.69) is 12.6 Å². The lowest BCUT2D eigenvalue weighted by atomic mass is 10.1. The van der Waals surface area contributed by atoms with Crippen LogP contribution in [0.1, 0.15) is 23.2 Å². The first-order chi connectivity index (χ1) is 8.25. The second kappa shape index (κ2) is 4.15. The van der Waals surface area contributed by atoms with E-state index in [0.717, 1.165) is 18.2 Å². The maximum absolute atomic E-state index is 12.9. The zero-order valence-electron chi connectivity index (χ0n) is 9.01. The third-order valence-electron chi connectivity index (χ3n) is 2.85. The number of carbonyl (C=O) groups is 1. The van der Waals surface area contributed by atoms with Crippen molar-refractivity contribution in [2.45, 2.75) is 29.5 Å². The van der Waals surface area contributed by atoms with Gasteiger partial charge >= 0.3 is 6.18 Å². The van der Waals surface area contributed by atoms with Crippen molar-refractivity contribution < 1.29 is 22.4 Å². The fraction of sp³-hybridized carbons (Fsp3) is 0.364. The van der Waals surface area contributed by atoms with Gasteiger partial charge in [0.25, 0.3) is 5.91 Å². The highest BCUT2D eigenvalue weighted by molar-refractivity contribution is 7.80. The second-order valence-corrected chi connectivity index (χ2v) is 4.68. The summed E-state index contributed by atoms with van der Waals surface area (Å²) in [6.45, 7) is 0. The molecule has 1 fully saturated rings. The number of alkyl halides is 3. The van der Waals surface area contributed by atoms with Crippen LogP contribution in [0.3, 0.4) is 0 Å². The number of nitrogens with one attached hydrogen (secondary N) is 1. The van der Waals surface area contributed by atoms with Gasteiger partial charge in [0.2, 0.25) is 0 Å². The monoisotopic (exact) mass is 279 g/mol. The quantitative estimate of drug-likeness (QED) is 0.632. The smallest absolute Gasteiger partial charge is 0.338 e. The predicted octanol–water partition coefficient (Wildman–Crippen LogP) is 2.94. The van der Waals surface area contributed by atoms with E-state index in [4.69, 9.17) is 0 Å². The van der Waals surface area contributed by atoms with Gasteiger partial charge in [0.15, 0.2) is 0 Å². The van der Waals surface area contributed by atoms with Gasteiger partial charge in [-0.1, -0.05) is 0 Å². The average Bonchev–Trinajstić information content (AvgIpc) is 3.02. The number of hydrogen-bond acceptors (Lipinski definition) is 2. The molecule has 98 valence electrons. The van der Waals surface area contributed by atoms with Crippen molar-refractivity contribution in [3.8, 4) is 0 Å². The maximum Gasteiger partial charge on any atom is 0.411 e. The van der Waals surface area contributed by atoms with Gasteiger partial charge in [-0.3, -0.25) is 4.79 Å². The molecule has 7 heteroatoms. The molecule has 1 saturated carbocycles. The van der Waals surface area contributed by atoms with Gasteiger partial charge in [-0.25, -0.2) is 4.39 Å². The molecule has 1 aliphatic carbocycles. The first-order valence-corrected chi connectivity index (χ1v) is 5.58. The third kappa shape index (κ3) is 2.31. The topological polar surface area (TPSA) is 29.1 Å². The Morgan fingerprint density at radius 1 is 1.33 bits per heavy atom. The SMILES string of the molecule is O=C(NC1(C(F)(F)F)CC1)c1ccc(F)c(S)c1. The molecule has 0 saturated heterocycles. The number of carbonyl (C=O) groups excluding carboxylic acids is 1. The molecule has 0 bridgehead atoms. The Morgan fingerprint density at radius 3 is 2.39 bits per heavy atom. The van der Waals surface area contributed by atoms with Crippen molar-refractivity contribution in [3.05, 3.63) is 29.6 Å². The Labute approximate surface area is 106 Å². The predicted molar refractivity (Wildman–Crippen MR) is 59.1 cm³/mol. The summed E-state index contributed by atoms with van der Waals surface area (Å²) in [7, 11) is 0. The molecular formula is C11H9F4NOS. The fourth-order valence-electron chi connectivity index (χ4n) is 1.55. The summed E-state index contributed by atoms with van der Waals surface area (Å²) >= 11 is 3.77. The summed E-state index contributed by atoms with van der Waals surface area (Å²) < 4.78 is 50.8. The highest BCUT2D eigenvalue weighted by Crippen LogP contribution is 2.49. The van der Waals surface area contributed by atoms with E-state index in [1.165, 1.54) is 0 Å². The number of halogens is 4. The van der Waals surface area contributed by atoms with Crippen molar-refractivity contribution in [2.24, 2.45) is 0 Å². The minimum absolute atomic E-state index is 0.0445. The second-order valence-electron chi connectivity index (χ2n) is 4.20. The molecule has 0 radical (unpaired) electrons. The molecule has 1 aromatic carbocycles. The van der Waals surface area contributed by atoms with Crippen LogP contribution in [0.4, 0.5) is 17.6 Å². The van der Waals surface area contributed by atoms with E-state index in [1.54, 1.807) is 0 Å².